The molecule has 0 unspecified atom stereocenters. The van der Waals surface area contributed by atoms with E-state index in [9.17, 15) is 18.7 Å². The third-order valence-corrected chi connectivity index (χ3v) is 3.60. The van der Waals surface area contributed by atoms with Gasteiger partial charge in [-0.15, -0.1) is 0 Å². The molecular weight excluding hydrogens is 266 g/mol. The number of nitrogens with one attached hydrogen (secondary N) is 1. The predicted octanol–water partition coefficient (Wildman–Crippen LogP) is 2.41. The molecule has 0 aromatic heterocycles. The van der Waals surface area contributed by atoms with E-state index in [-0.39, 0.29) is 19.0 Å². The number of nitrogens with zero attached hydrogens (tertiary/aromatic N) is 1. The summed E-state index contributed by atoms with van der Waals surface area (Å²) in [7, 11) is 0. The van der Waals surface area contributed by atoms with E-state index in [1.165, 1.54) is 4.90 Å². The highest BCUT2D eigenvalue weighted by atomic mass is 19.3. The second kappa shape index (κ2) is 6.17. The maximum Gasteiger partial charge on any atom is 0.321 e. The van der Waals surface area contributed by atoms with Gasteiger partial charge in [-0.25, -0.2) is 13.6 Å². The van der Waals surface area contributed by atoms with E-state index in [0.717, 1.165) is 0 Å². The lowest BCUT2D eigenvalue weighted by Crippen LogP contribution is -2.53. The van der Waals surface area contributed by atoms with Gasteiger partial charge in [0.25, 0.3) is 0 Å². The summed E-state index contributed by atoms with van der Waals surface area (Å²) in [6, 6.07) is 8.41. The predicted molar refractivity (Wildman–Crippen MR) is 71.7 cm³/mol. The van der Waals surface area contributed by atoms with Gasteiger partial charge in [-0.2, -0.15) is 0 Å². The summed E-state index contributed by atoms with van der Waals surface area (Å²) in [5, 5.41) is 12.4. The van der Waals surface area contributed by atoms with Crippen LogP contribution in [-0.4, -0.2) is 41.7 Å². The van der Waals surface area contributed by atoms with Gasteiger partial charge in [-0.1, -0.05) is 25.1 Å². The summed E-state index contributed by atoms with van der Waals surface area (Å²) in [5.74, 6) is -1.57. The number of para-hydroxylation sites is 1. The zero-order valence-electron chi connectivity index (χ0n) is 11.2. The van der Waals surface area contributed by atoms with Crippen LogP contribution in [0, 0.1) is 11.8 Å². The molecule has 6 heteroatoms. The quantitative estimate of drug-likeness (QED) is 0.876. The van der Waals surface area contributed by atoms with Crippen LogP contribution >= 0.6 is 0 Å². The number of likely N-dealkylation sites (tertiary alicyclic amines) is 1. The van der Waals surface area contributed by atoms with E-state index >= 15 is 0 Å². The van der Waals surface area contributed by atoms with Gasteiger partial charge in [0.15, 0.2) is 0 Å². The van der Waals surface area contributed by atoms with Crippen molar-refractivity contribution in [2.45, 2.75) is 19.5 Å². The van der Waals surface area contributed by atoms with E-state index in [1.54, 1.807) is 31.2 Å². The Morgan fingerprint density at radius 1 is 1.35 bits per heavy atom. The molecule has 1 aromatic carbocycles. The van der Waals surface area contributed by atoms with E-state index < -0.39 is 24.5 Å². The highest BCUT2D eigenvalue weighted by molar-refractivity contribution is 5.89. The van der Waals surface area contributed by atoms with Crippen molar-refractivity contribution < 1.29 is 18.7 Å². The summed E-state index contributed by atoms with van der Waals surface area (Å²) in [5.41, 5.74) is 0.616. The molecule has 20 heavy (non-hydrogen) atoms. The molecule has 1 fully saturated rings. The first-order chi connectivity index (χ1) is 9.49. The van der Waals surface area contributed by atoms with E-state index in [1.807, 2.05) is 6.07 Å². The fourth-order valence-corrected chi connectivity index (χ4v) is 2.43. The summed E-state index contributed by atoms with van der Waals surface area (Å²) < 4.78 is 25.8. The molecular formula is C14H18F2N2O2. The maximum absolute atomic E-state index is 12.9. The number of aliphatic hydroxyl groups is 1. The molecule has 0 aliphatic carbocycles. The molecule has 1 aliphatic heterocycles. The van der Waals surface area contributed by atoms with Crippen LogP contribution in [-0.2, 0) is 0 Å². The lowest BCUT2D eigenvalue weighted by atomic mass is 9.87. The van der Waals surface area contributed by atoms with Gasteiger partial charge in [0, 0.05) is 24.7 Å². The van der Waals surface area contributed by atoms with Gasteiger partial charge in [-0.3, -0.25) is 0 Å². The van der Waals surface area contributed by atoms with Gasteiger partial charge in [-0.05, 0) is 12.1 Å². The van der Waals surface area contributed by atoms with Crippen molar-refractivity contribution >= 4 is 11.7 Å². The number of carbonyl (C=O) groups excluding carboxylic acids is 1. The normalized spacial score (nSPS) is 26.6. The minimum absolute atomic E-state index is 0.137. The Morgan fingerprint density at radius 3 is 2.60 bits per heavy atom. The molecule has 0 bridgehead atoms. The zero-order chi connectivity index (χ0) is 14.7. The van der Waals surface area contributed by atoms with Crippen LogP contribution in [0.1, 0.15) is 6.92 Å². The smallest absolute Gasteiger partial charge is 0.321 e. The highest BCUT2D eigenvalue weighted by Crippen LogP contribution is 2.27. The molecule has 0 radical (unpaired) electrons. The van der Waals surface area contributed by atoms with E-state index in [4.69, 9.17) is 0 Å². The number of benzene rings is 1. The molecule has 1 saturated heterocycles. The average Bonchev–Trinajstić information content (AvgIpc) is 2.42. The second-order valence-corrected chi connectivity index (χ2v) is 5.17. The Hall–Kier alpha value is -1.69. The van der Waals surface area contributed by atoms with Gasteiger partial charge in [0.05, 0.1) is 12.0 Å². The van der Waals surface area contributed by atoms with Crippen LogP contribution in [0.25, 0.3) is 0 Å². The molecule has 1 aromatic rings. The monoisotopic (exact) mass is 284 g/mol. The minimum atomic E-state index is -2.64. The Labute approximate surface area is 116 Å². The van der Waals surface area contributed by atoms with E-state index in [0.29, 0.717) is 5.69 Å². The summed E-state index contributed by atoms with van der Waals surface area (Å²) >= 11 is 0. The first-order valence-electron chi connectivity index (χ1n) is 6.56. The number of hydrogen-bond acceptors (Lipinski definition) is 2. The van der Waals surface area contributed by atoms with Gasteiger partial charge >= 0.3 is 6.03 Å². The van der Waals surface area contributed by atoms with Crippen molar-refractivity contribution in [3.05, 3.63) is 30.3 Å². The molecule has 110 valence electrons. The average molecular weight is 284 g/mol. The summed E-state index contributed by atoms with van der Waals surface area (Å²) in [6.07, 6.45) is -3.71. The van der Waals surface area contributed by atoms with Crippen LogP contribution in [0.4, 0.5) is 19.3 Å². The molecule has 1 heterocycles. The van der Waals surface area contributed by atoms with Gasteiger partial charge < -0.3 is 15.3 Å². The number of halogens is 2. The first-order valence-corrected chi connectivity index (χ1v) is 6.56. The van der Waals surface area contributed by atoms with Crippen LogP contribution in [0.2, 0.25) is 0 Å². The number of aliphatic hydroxyl groups excluding tert-OH is 1. The fourth-order valence-electron chi connectivity index (χ4n) is 2.43. The number of hydrogen-bond donors (Lipinski definition) is 2. The molecule has 2 N–H and O–H groups in total. The number of alkyl halides is 2. The fraction of sp³-hybridized carbons (Fsp3) is 0.500. The summed E-state index contributed by atoms with van der Waals surface area (Å²) in [4.78, 5) is 13.4. The number of rotatable bonds is 2. The highest BCUT2D eigenvalue weighted by Gasteiger charge is 2.40. The first kappa shape index (κ1) is 14.7. The molecule has 1 aliphatic rings. The van der Waals surface area contributed by atoms with E-state index in [2.05, 4.69) is 5.32 Å². The number of urea groups is 1. The molecule has 0 spiro atoms. The second-order valence-electron chi connectivity index (χ2n) is 5.17. The van der Waals surface area contributed by atoms with Crippen molar-refractivity contribution in [3.63, 3.8) is 0 Å². The number of piperidine rings is 1. The van der Waals surface area contributed by atoms with Crippen molar-refractivity contribution in [1.82, 2.24) is 4.90 Å². The standard InChI is InChI=1S/C14H18F2N2O2/c1-9-7-18(8-11(12(9)19)13(15)16)14(20)17-10-5-3-2-4-6-10/h2-6,9,11-13,19H,7-8H2,1H3,(H,17,20)/t9-,11+,12+/m1/s1. The molecule has 2 amide bonds. The van der Waals surface area contributed by atoms with Crippen LogP contribution < -0.4 is 5.32 Å². The Morgan fingerprint density at radius 2 is 2.00 bits per heavy atom. The van der Waals surface area contributed by atoms with Crippen LogP contribution in [0.3, 0.4) is 0 Å². The molecule has 4 nitrogen and oxygen atoms in total. The van der Waals surface area contributed by atoms with Crippen molar-refractivity contribution in [3.8, 4) is 0 Å². The van der Waals surface area contributed by atoms with Crippen molar-refractivity contribution in [2.24, 2.45) is 11.8 Å². The SMILES string of the molecule is C[C@@H]1CN(C(=O)Nc2ccccc2)C[C@H](C(F)F)[C@H]1O. The zero-order valence-corrected chi connectivity index (χ0v) is 11.2. The minimum Gasteiger partial charge on any atom is -0.392 e. The van der Waals surface area contributed by atoms with Crippen molar-refractivity contribution in [2.75, 3.05) is 18.4 Å². The van der Waals surface area contributed by atoms with Crippen molar-refractivity contribution in [1.29, 1.82) is 0 Å². The third kappa shape index (κ3) is 3.25. The third-order valence-electron chi connectivity index (χ3n) is 3.60. The van der Waals surface area contributed by atoms with Crippen LogP contribution in [0.15, 0.2) is 30.3 Å². The Kier molecular flexibility index (Phi) is 4.54. The van der Waals surface area contributed by atoms with Gasteiger partial charge in [0.1, 0.15) is 0 Å². The largest absolute Gasteiger partial charge is 0.392 e. The lowest BCUT2D eigenvalue weighted by Gasteiger charge is -2.39. The Bertz CT molecular complexity index is 456. The maximum atomic E-state index is 12.9. The molecule has 0 saturated carbocycles. The summed E-state index contributed by atoms with van der Waals surface area (Å²) in [6.45, 7) is 1.80. The lowest BCUT2D eigenvalue weighted by molar-refractivity contribution is -0.0692. The Balaban J connectivity index is 2.03. The van der Waals surface area contributed by atoms with Gasteiger partial charge in [0.2, 0.25) is 6.43 Å². The topological polar surface area (TPSA) is 52.6 Å². The number of carbonyl (C=O) groups is 1. The molecule has 2 rings (SSSR count). The number of anilines is 1. The number of amides is 2. The molecule has 3 atom stereocenters. The van der Waals surface area contributed by atoms with Crippen LogP contribution in [0.5, 0.6) is 0 Å².